The van der Waals surface area contributed by atoms with Gasteiger partial charge in [-0.25, -0.2) is 0 Å². The number of thiocarbonyl (C=S) groups is 1. The zero-order valence-corrected chi connectivity index (χ0v) is 11.8. The second-order valence-corrected chi connectivity index (χ2v) is 5.02. The van der Waals surface area contributed by atoms with Crippen molar-refractivity contribution in [2.75, 3.05) is 0 Å². The minimum absolute atomic E-state index is 0.894. The number of hydrogen-bond donors (Lipinski definition) is 0. The monoisotopic (exact) mass is 274 g/mol. The molecular weight excluding hydrogens is 260 g/mol. The van der Waals surface area contributed by atoms with Gasteiger partial charge in [0.2, 0.25) is 0 Å². The van der Waals surface area contributed by atoms with Crippen molar-refractivity contribution in [3.8, 4) is 11.1 Å². The molecule has 0 saturated carbocycles. The second kappa shape index (κ2) is 5.81. The molecule has 0 aliphatic rings. The number of hydrogen-bond acceptors (Lipinski definition) is 1. The van der Waals surface area contributed by atoms with Crippen LogP contribution in [0, 0.1) is 0 Å². The van der Waals surface area contributed by atoms with Gasteiger partial charge in [-0.3, -0.25) is 0 Å². The lowest BCUT2D eigenvalue weighted by molar-refractivity contribution is 1.58. The lowest BCUT2D eigenvalue weighted by atomic mass is 9.95. The van der Waals surface area contributed by atoms with Crippen LogP contribution >= 0.6 is 12.2 Å². The molecule has 3 aromatic carbocycles. The van der Waals surface area contributed by atoms with E-state index < -0.39 is 0 Å². The molecule has 0 spiro atoms. The maximum atomic E-state index is 5.67. The molecule has 0 aliphatic heterocycles. The largest absolute Gasteiger partial charge is 0.0788 e. The van der Waals surface area contributed by atoms with E-state index in [0.29, 0.717) is 0 Å². The van der Waals surface area contributed by atoms with E-state index >= 15 is 0 Å². The van der Waals surface area contributed by atoms with E-state index in [2.05, 4.69) is 54.6 Å². The minimum Gasteiger partial charge on any atom is -0.0788 e. The average molecular weight is 274 g/mol. The van der Waals surface area contributed by atoms with Crippen LogP contribution in [0.25, 0.3) is 11.1 Å². The maximum absolute atomic E-state index is 5.67. The highest BCUT2D eigenvalue weighted by atomic mass is 32.1. The van der Waals surface area contributed by atoms with E-state index in [-0.39, 0.29) is 0 Å². The van der Waals surface area contributed by atoms with E-state index in [1.54, 1.807) is 0 Å². The molecule has 0 heterocycles. The Balaban J connectivity index is 2.10. The Kier molecular flexibility index (Phi) is 3.71. The van der Waals surface area contributed by atoms with Gasteiger partial charge >= 0.3 is 0 Å². The van der Waals surface area contributed by atoms with Crippen molar-refractivity contribution >= 4 is 17.1 Å². The lowest BCUT2D eigenvalue weighted by Crippen LogP contribution is -2.01. The molecule has 0 amide bonds. The van der Waals surface area contributed by atoms with Crippen LogP contribution in [0.2, 0.25) is 0 Å². The Morgan fingerprint density at radius 3 is 1.85 bits per heavy atom. The Labute approximate surface area is 124 Å². The van der Waals surface area contributed by atoms with Gasteiger partial charge in [0.25, 0.3) is 0 Å². The van der Waals surface area contributed by atoms with Crippen LogP contribution in [0.3, 0.4) is 0 Å². The Morgan fingerprint density at radius 1 is 0.600 bits per heavy atom. The smallest absolute Gasteiger partial charge is 0.0528 e. The van der Waals surface area contributed by atoms with Crippen LogP contribution in [0.5, 0.6) is 0 Å². The number of benzene rings is 3. The first-order valence-corrected chi connectivity index (χ1v) is 7.01. The van der Waals surface area contributed by atoms with E-state index in [9.17, 15) is 0 Å². The van der Waals surface area contributed by atoms with Gasteiger partial charge in [-0.15, -0.1) is 0 Å². The highest BCUT2D eigenvalue weighted by Crippen LogP contribution is 2.26. The lowest BCUT2D eigenvalue weighted by Gasteiger charge is -2.11. The zero-order chi connectivity index (χ0) is 13.8. The molecule has 0 saturated heterocycles. The maximum Gasteiger partial charge on any atom is 0.0528 e. The summed E-state index contributed by atoms with van der Waals surface area (Å²) in [6.07, 6.45) is 0. The fourth-order valence-electron chi connectivity index (χ4n) is 2.30. The van der Waals surface area contributed by atoms with Gasteiger partial charge in [-0.05, 0) is 16.7 Å². The molecule has 0 atom stereocenters. The van der Waals surface area contributed by atoms with Crippen molar-refractivity contribution in [3.63, 3.8) is 0 Å². The van der Waals surface area contributed by atoms with Gasteiger partial charge in [0.05, 0.1) is 4.86 Å². The van der Waals surface area contributed by atoms with Crippen LogP contribution in [0.4, 0.5) is 0 Å². The summed E-state index contributed by atoms with van der Waals surface area (Å²) in [4.78, 5) is 0.894. The Morgan fingerprint density at radius 2 is 1.15 bits per heavy atom. The molecule has 0 radical (unpaired) electrons. The standard InChI is InChI=1S/C19H14S/c20-19(16-11-5-2-6-12-16)18-14-8-7-13-17(18)15-9-3-1-4-10-15/h1-14H. The van der Waals surface area contributed by atoms with E-state index in [1.165, 1.54) is 11.1 Å². The minimum atomic E-state index is 0.894. The zero-order valence-electron chi connectivity index (χ0n) is 11.0. The number of rotatable bonds is 3. The predicted molar refractivity (Wildman–Crippen MR) is 89.1 cm³/mol. The quantitative estimate of drug-likeness (QED) is 0.472. The van der Waals surface area contributed by atoms with Gasteiger partial charge in [-0.2, -0.15) is 0 Å². The molecule has 0 nitrogen and oxygen atoms in total. The summed E-state index contributed by atoms with van der Waals surface area (Å²) in [5, 5.41) is 0. The molecule has 0 fully saturated rings. The summed E-state index contributed by atoms with van der Waals surface area (Å²) in [6, 6.07) is 28.9. The fraction of sp³-hybridized carbons (Fsp3) is 0. The molecule has 3 aromatic rings. The fourth-order valence-corrected chi connectivity index (χ4v) is 2.61. The SMILES string of the molecule is S=C(c1ccccc1)c1ccccc1-c1ccccc1. The Bertz CT molecular complexity index is 715. The van der Waals surface area contributed by atoms with E-state index in [1.807, 2.05) is 30.3 Å². The van der Waals surface area contributed by atoms with Gasteiger partial charge in [0, 0.05) is 5.56 Å². The predicted octanol–water partition coefficient (Wildman–Crippen LogP) is 5.12. The van der Waals surface area contributed by atoms with Gasteiger partial charge in [-0.1, -0.05) is 97.1 Å². The van der Waals surface area contributed by atoms with Crippen LogP contribution in [-0.4, -0.2) is 4.86 Å². The summed E-state index contributed by atoms with van der Waals surface area (Å²) in [5.74, 6) is 0. The van der Waals surface area contributed by atoms with E-state index in [4.69, 9.17) is 12.2 Å². The molecule has 0 aromatic heterocycles. The van der Waals surface area contributed by atoms with Crippen molar-refractivity contribution in [2.45, 2.75) is 0 Å². The molecule has 3 rings (SSSR count). The molecule has 20 heavy (non-hydrogen) atoms. The third kappa shape index (κ3) is 2.54. The third-order valence-corrected chi connectivity index (χ3v) is 3.75. The molecular formula is C19H14S. The molecule has 0 aliphatic carbocycles. The summed E-state index contributed by atoms with van der Waals surface area (Å²) in [7, 11) is 0. The summed E-state index contributed by atoms with van der Waals surface area (Å²) >= 11 is 5.67. The summed E-state index contributed by atoms with van der Waals surface area (Å²) in [5.41, 5.74) is 4.58. The van der Waals surface area contributed by atoms with Crippen LogP contribution < -0.4 is 0 Å². The molecule has 0 unspecified atom stereocenters. The first kappa shape index (κ1) is 12.8. The third-order valence-electron chi connectivity index (χ3n) is 3.29. The van der Waals surface area contributed by atoms with Crippen LogP contribution in [0.15, 0.2) is 84.9 Å². The van der Waals surface area contributed by atoms with E-state index in [0.717, 1.165) is 16.0 Å². The molecule has 1 heteroatoms. The van der Waals surface area contributed by atoms with Gasteiger partial charge < -0.3 is 0 Å². The topological polar surface area (TPSA) is 0 Å². The average Bonchev–Trinajstić information content (AvgIpc) is 2.56. The normalized spacial score (nSPS) is 10.2. The Hall–Kier alpha value is -2.25. The van der Waals surface area contributed by atoms with Gasteiger partial charge in [0.1, 0.15) is 0 Å². The molecule has 0 bridgehead atoms. The van der Waals surface area contributed by atoms with Crippen molar-refractivity contribution in [2.24, 2.45) is 0 Å². The van der Waals surface area contributed by atoms with Crippen molar-refractivity contribution in [1.29, 1.82) is 0 Å². The van der Waals surface area contributed by atoms with Crippen LogP contribution in [0.1, 0.15) is 11.1 Å². The van der Waals surface area contributed by atoms with Crippen molar-refractivity contribution in [3.05, 3.63) is 96.1 Å². The first-order chi connectivity index (χ1) is 9.86. The summed E-state index contributed by atoms with van der Waals surface area (Å²) < 4.78 is 0. The highest BCUT2D eigenvalue weighted by molar-refractivity contribution is 7.81. The highest BCUT2D eigenvalue weighted by Gasteiger charge is 2.10. The molecule has 0 N–H and O–H groups in total. The van der Waals surface area contributed by atoms with Crippen molar-refractivity contribution in [1.82, 2.24) is 0 Å². The summed E-state index contributed by atoms with van der Waals surface area (Å²) in [6.45, 7) is 0. The second-order valence-electron chi connectivity index (χ2n) is 4.61. The molecule has 96 valence electrons. The van der Waals surface area contributed by atoms with Crippen molar-refractivity contribution < 1.29 is 0 Å². The first-order valence-electron chi connectivity index (χ1n) is 6.60. The van der Waals surface area contributed by atoms with Crippen LogP contribution in [-0.2, 0) is 0 Å². The van der Waals surface area contributed by atoms with Gasteiger partial charge in [0.15, 0.2) is 0 Å².